The predicted octanol–water partition coefficient (Wildman–Crippen LogP) is 3.76. The van der Waals surface area contributed by atoms with Gasteiger partial charge in [-0.1, -0.05) is 24.3 Å². The molecule has 28 heavy (non-hydrogen) atoms. The standard InChI is InChI=1S/C22H21NO5/c1-3-23-22(24)12-26-18-9-8-15(14-6-4-5-7-16(14)18)17-10-20-21(28-13-27-20)11-19(17)25-2/h4-11H,3,12-13H2,1-2H3,(H,23,24). The van der Waals surface area contributed by atoms with Crippen LogP contribution in [0.3, 0.4) is 0 Å². The van der Waals surface area contributed by atoms with Crippen molar-refractivity contribution in [2.24, 2.45) is 0 Å². The van der Waals surface area contributed by atoms with Crippen molar-refractivity contribution in [1.29, 1.82) is 0 Å². The van der Waals surface area contributed by atoms with E-state index < -0.39 is 0 Å². The molecule has 0 atom stereocenters. The van der Waals surface area contributed by atoms with E-state index >= 15 is 0 Å². The number of carbonyl (C=O) groups excluding carboxylic acids is 1. The molecule has 0 spiro atoms. The Morgan fingerprint density at radius 3 is 2.50 bits per heavy atom. The van der Waals surface area contributed by atoms with Crippen LogP contribution in [-0.2, 0) is 4.79 Å². The summed E-state index contributed by atoms with van der Waals surface area (Å²) in [6, 6.07) is 15.5. The average Bonchev–Trinajstić information content (AvgIpc) is 3.18. The summed E-state index contributed by atoms with van der Waals surface area (Å²) in [5.74, 6) is 2.58. The molecule has 0 saturated carbocycles. The molecule has 0 bridgehead atoms. The summed E-state index contributed by atoms with van der Waals surface area (Å²) < 4.78 is 22.3. The van der Waals surface area contributed by atoms with Gasteiger partial charge < -0.3 is 24.3 Å². The van der Waals surface area contributed by atoms with Gasteiger partial charge in [-0.2, -0.15) is 0 Å². The topological polar surface area (TPSA) is 66.0 Å². The first kappa shape index (κ1) is 18.0. The highest BCUT2D eigenvalue weighted by Crippen LogP contribution is 2.45. The predicted molar refractivity (Wildman–Crippen MR) is 106 cm³/mol. The van der Waals surface area contributed by atoms with Crippen molar-refractivity contribution >= 4 is 16.7 Å². The van der Waals surface area contributed by atoms with Crippen molar-refractivity contribution in [3.63, 3.8) is 0 Å². The van der Waals surface area contributed by atoms with E-state index in [0.717, 1.165) is 21.9 Å². The summed E-state index contributed by atoms with van der Waals surface area (Å²) in [5, 5.41) is 4.65. The molecular formula is C22H21NO5. The van der Waals surface area contributed by atoms with E-state index in [-0.39, 0.29) is 19.3 Å². The van der Waals surface area contributed by atoms with E-state index in [0.29, 0.717) is 29.5 Å². The maximum Gasteiger partial charge on any atom is 0.257 e. The van der Waals surface area contributed by atoms with E-state index in [9.17, 15) is 4.79 Å². The third-order valence-corrected chi connectivity index (χ3v) is 4.60. The Bertz CT molecular complexity index is 1030. The molecule has 6 heteroatoms. The van der Waals surface area contributed by atoms with Gasteiger partial charge in [-0.3, -0.25) is 4.79 Å². The Kier molecular flexibility index (Phi) is 4.93. The number of hydrogen-bond donors (Lipinski definition) is 1. The molecule has 0 unspecified atom stereocenters. The van der Waals surface area contributed by atoms with E-state index in [1.807, 2.05) is 55.5 Å². The molecule has 1 heterocycles. The van der Waals surface area contributed by atoms with Crippen LogP contribution in [0, 0.1) is 0 Å². The molecule has 0 saturated heterocycles. The first-order valence-corrected chi connectivity index (χ1v) is 9.10. The van der Waals surface area contributed by atoms with Crippen molar-refractivity contribution in [1.82, 2.24) is 5.32 Å². The zero-order chi connectivity index (χ0) is 19.5. The zero-order valence-electron chi connectivity index (χ0n) is 15.8. The Balaban J connectivity index is 1.78. The summed E-state index contributed by atoms with van der Waals surface area (Å²) in [4.78, 5) is 11.8. The molecule has 1 amide bonds. The van der Waals surface area contributed by atoms with Crippen molar-refractivity contribution in [2.75, 3.05) is 27.1 Å². The van der Waals surface area contributed by atoms with Crippen LogP contribution in [0.2, 0.25) is 0 Å². The number of methoxy groups -OCH3 is 1. The first-order chi connectivity index (χ1) is 13.7. The van der Waals surface area contributed by atoms with Gasteiger partial charge in [0.15, 0.2) is 18.1 Å². The minimum Gasteiger partial charge on any atom is -0.496 e. The van der Waals surface area contributed by atoms with E-state index in [1.54, 1.807) is 7.11 Å². The minimum absolute atomic E-state index is 0.0233. The molecule has 1 aliphatic heterocycles. The second-order valence-electron chi connectivity index (χ2n) is 6.30. The highest BCUT2D eigenvalue weighted by molar-refractivity contribution is 6.01. The zero-order valence-corrected chi connectivity index (χ0v) is 15.8. The number of hydrogen-bond acceptors (Lipinski definition) is 5. The lowest BCUT2D eigenvalue weighted by Crippen LogP contribution is -2.28. The second-order valence-corrected chi connectivity index (χ2v) is 6.30. The van der Waals surface area contributed by atoms with Crippen LogP contribution in [0.5, 0.6) is 23.0 Å². The van der Waals surface area contributed by atoms with Crippen molar-refractivity contribution in [3.05, 3.63) is 48.5 Å². The third-order valence-electron chi connectivity index (χ3n) is 4.60. The lowest BCUT2D eigenvalue weighted by molar-refractivity contribution is -0.122. The van der Waals surface area contributed by atoms with Gasteiger partial charge in [0.2, 0.25) is 6.79 Å². The van der Waals surface area contributed by atoms with Gasteiger partial charge in [0, 0.05) is 23.6 Å². The fourth-order valence-corrected chi connectivity index (χ4v) is 3.33. The Morgan fingerprint density at radius 1 is 1.00 bits per heavy atom. The lowest BCUT2D eigenvalue weighted by Gasteiger charge is -2.15. The molecule has 1 N–H and O–H groups in total. The van der Waals surface area contributed by atoms with Crippen LogP contribution >= 0.6 is 0 Å². The molecule has 144 valence electrons. The Labute approximate surface area is 163 Å². The molecule has 0 aromatic heterocycles. The van der Waals surface area contributed by atoms with Gasteiger partial charge in [-0.25, -0.2) is 0 Å². The monoisotopic (exact) mass is 379 g/mol. The number of rotatable bonds is 6. The van der Waals surface area contributed by atoms with Crippen molar-refractivity contribution in [3.8, 4) is 34.1 Å². The molecular weight excluding hydrogens is 358 g/mol. The smallest absolute Gasteiger partial charge is 0.257 e. The number of ether oxygens (including phenoxy) is 4. The summed E-state index contributed by atoms with van der Waals surface area (Å²) in [6.07, 6.45) is 0. The lowest BCUT2D eigenvalue weighted by atomic mass is 9.96. The summed E-state index contributed by atoms with van der Waals surface area (Å²) >= 11 is 0. The fourth-order valence-electron chi connectivity index (χ4n) is 3.33. The van der Waals surface area contributed by atoms with Crippen LogP contribution in [0.15, 0.2) is 48.5 Å². The van der Waals surface area contributed by atoms with Gasteiger partial charge in [0.1, 0.15) is 11.5 Å². The number of nitrogens with one attached hydrogen (secondary N) is 1. The van der Waals surface area contributed by atoms with E-state index in [2.05, 4.69) is 5.32 Å². The number of amides is 1. The van der Waals surface area contributed by atoms with Crippen LogP contribution < -0.4 is 24.3 Å². The molecule has 3 aromatic carbocycles. The maximum atomic E-state index is 11.8. The van der Waals surface area contributed by atoms with Gasteiger partial charge >= 0.3 is 0 Å². The highest BCUT2D eigenvalue weighted by atomic mass is 16.7. The first-order valence-electron chi connectivity index (χ1n) is 9.10. The second kappa shape index (κ2) is 7.68. The SMILES string of the molecule is CCNC(=O)COc1ccc(-c2cc3c(cc2OC)OCO3)c2ccccc12. The fraction of sp³-hybridized carbons (Fsp3) is 0.227. The third kappa shape index (κ3) is 3.29. The number of fused-ring (bicyclic) bond motifs is 2. The number of carbonyl (C=O) groups is 1. The average molecular weight is 379 g/mol. The van der Waals surface area contributed by atoms with E-state index in [4.69, 9.17) is 18.9 Å². The molecule has 3 aromatic rings. The van der Waals surface area contributed by atoms with Gasteiger partial charge in [0.25, 0.3) is 5.91 Å². The van der Waals surface area contributed by atoms with Gasteiger partial charge in [0.05, 0.1) is 7.11 Å². The maximum absolute atomic E-state index is 11.8. The largest absolute Gasteiger partial charge is 0.496 e. The normalized spacial score (nSPS) is 12.1. The van der Waals surface area contributed by atoms with E-state index in [1.165, 1.54) is 0 Å². The molecule has 0 aliphatic carbocycles. The van der Waals surface area contributed by atoms with Crippen molar-refractivity contribution in [2.45, 2.75) is 6.92 Å². The van der Waals surface area contributed by atoms with Crippen LogP contribution in [0.4, 0.5) is 0 Å². The van der Waals surface area contributed by atoms with Crippen LogP contribution in [-0.4, -0.2) is 33.0 Å². The highest BCUT2D eigenvalue weighted by Gasteiger charge is 2.20. The minimum atomic E-state index is -0.145. The number of likely N-dealkylation sites (N-methyl/N-ethyl adjacent to an activating group) is 1. The summed E-state index contributed by atoms with van der Waals surface area (Å²) in [5.41, 5.74) is 1.88. The quantitative estimate of drug-likeness (QED) is 0.706. The van der Waals surface area contributed by atoms with Gasteiger partial charge in [-0.15, -0.1) is 0 Å². The van der Waals surface area contributed by atoms with Crippen LogP contribution in [0.25, 0.3) is 21.9 Å². The molecule has 1 aliphatic rings. The Hall–Kier alpha value is -3.41. The molecule has 4 rings (SSSR count). The van der Waals surface area contributed by atoms with Crippen LogP contribution in [0.1, 0.15) is 6.92 Å². The molecule has 0 radical (unpaired) electrons. The van der Waals surface area contributed by atoms with Crippen molar-refractivity contribution < 1.29 is 23.7 Å². The summed E-state index contributed by atoms with van der Waals surface area (Å²) in [6.45, 7) is 2.63. The molecule has 6 nitrogen and oxygen atoms in total. The summed E-state index contributed by atoms with van der Waals surface area (Å²) in [7, 11) is 1.63. The molecule has 0 fully saturated rings. The van der Waals surface area contributed by atoms with Gasteiger partial charge in [-0.05, 0) is 36.1 Å². The number of benzene rings is 3. The Morgan fingerprint density at radius 2 is 1.75 bits per heavy atom.